The van der Waals surface area contributed by atoms with Crippen LogP contribution < -0.4 is 14.8 Å². The molecular formula is C26H27NO3. The Morgan fingerprint density at radius 1 is 1.07 bits per heavy atom. The number of ether oxygens (including phenoxy) is 2. The second-order valence-corrected chi connectivity index (χ2v) is 8.40. The van der Waals surface area contributed by atoms with Crippen molar-refractivity contribution in [2.45, 2.75) is 45.4 Å². The molecule has 0 aromatic heterocycles. The summed E-state index contributed by atoms with van der Waals surface area (Å²) in [6, 6.07) is 23.3. The molecule has 3 aromatic carbocycles. The van der Waals surface area contributed by atoms with Gasteiger partial charge >= 0.3 is 0 Å². The number of hydrogen-bond donors (Lipinski definition) is 1. The first-order chi connectivity index (χ1) is 14.4. The van der Waals surface area contributed by atoms with Crippen LogP contribution in [-0.4, -0.2) is 11.5 Å². The number of nitrogens with one attached hydrogen (secondary N) is 1. The van der Waals surface area contributed by atoms with E-state index in [1.54, 1.807) is 6.07 Å². The van der Waals surface area contributed by atoms with Crippen molar-refractivity contribution in [3.63, 3.8) is 0 Å². The van der Waals surface area contributed by atoms with E-state index in [2.05, 4.69) is 11.4 Å². The summed E-state index contributed by atoms with van der Waals surface area (Å²) in [5, 5.41) is 3.21. The fraction of sp³-hybridized carbons (Fsp3) is 0.269. The number of carbonyl (C=O) groups excluding carboxylic acids is 1. The van der Waals surface area contributed by atoms with Crippen LogP contribution in [0.4, 0.5) is 0 Å². The summed E-state index contributed by atoms with van der Waals surface area (Å²) >= 11 is 0. The Kier molecular flexibility index (Phi) is 5.49. The van der Waals surface area contributed by atoms with Crippen molar-refractivity contribution in [1.29, 1.82) is 0 Å². The van der Waals surface area contributed by atoms with Crippen molar-refractivity contribution in [1.82, 2.24) is 5.32 Å². The Morgan fingerprint density at radius 3 is 2.60 bits per heavy atom. The molecule has 0 bridgehead atoms. The van der Waals surface area contributed by atoms with Crippen LogP contribution in [0.15, 0.2) is 72.8 Å². The largest absolute Gasteiger partial charge is 0.488 e. The number of para-hydroxylation sites is 1. The molecule has 0 spiro atoms. The van der Waals surface area contributed by atoms with Gasteiger partial charge in [-0.3, -0.25) is 4.79 Å². The van der Waals surface area contributed by atoms with Gasteiger partial charge in [-0.05, 0) is 44.5 Å². The minimum absolute atomic E-state index is 0.127. The molecule has 0 saturated heterocycles. The fourth-order valence-electron chi connectivity index (χ4n) is 3.85. The van der Waals surface area contributed by atoms with Crippen LogP contribution in [0.5, 0.6) is 11.5 Å². The maximum absolute atomic E-state index is 13.2. The molecule has 0 aliphatic carbocycles. The summed E-state index contributed by atoms with van der Waals surface area (Å²) < 4.78 is 12.1. The van der Waals surface area contributed by atoms with E-state index in [-0.39, 0.29) is 17.6 Å². The zero-order valence-electron chi connectivity index (χ0n) is 17.6. The van der Waals surface area contributed by atoms with E-state index in [0.29, 0.717) is 24.3 Å². The standard InChI is InChI=1S/C26H27NO3/c1-18-13-14-24-21(15-18)22(16-26(2,3)30-24)27-25(28)20-11-7-8-12-23(20)29-17-19-9-5-4-6-10-19/h4-15,22H,16-17H2,1-3H3,(H,27,28)/t22-/m0/s1. The van der Waals surface area contributed by atoms with Gasteiger partial charge in [0.15, 0.2) is 0 Å². The van der Waals surface area contributed by atoms with Gasteiger partial charge in [0.2, 0.25) is 0 Å². The lowest BCUT2D eigenvalue weighted by Gasteiger charge is -2.38. The van der Waals surface area contributed by atoms with Gasteiger partial charge in [-0.1, -0.05) is 60.2 Å². The molecule has 1 atom stereocenters. The van der Waals surface area contributed by atoms with E-state index in [1.807, 2.05) is 81.4 Å². The Labute approximate surface area is 177 Å². The van der Waals surface area contributed by atoms with E-state index in [1.165, 1.54) is 0 Å². The van der Waals surface area contributed by atoms with Gasteiger partial charge < -0.3 is 14.8 Å². The quantitative estimate of drug-likeness (QED) is 0.605. The Bertz CT molecular complexity index is 1040. The van der Waals surface area contributed by atoms with E-state index in [4.69, 9.17) is 9.47 Å². The minimum atomic E-state index is -0.358. The van der Waals surface area contributed by atoms with E-state index in [0.717, 1.165) is 22.4 Å². The number of fused-ring (bicyclic) bond motifs is 1. The predicted octanol–water partition coefficient (Wildman–Crippen LogP) is 5.61. The number of benzene rings is 3. The molecule has 30 heavy (non-hydrogen) atoms. The van der Waals surface area contributed by atoms with E-state index >= 15 is 0 Å². The third-order valence-corrected chi connectivity index (χ3v) is 5.30. The highest BCUT2D eigenvalue weighted by atomic mass is 16.5. The maximum Gasteiger partial charge on any atom is 0.255 e. The molecule has 0 fully saturated rings. The smallest absolute Gasteiger partial charge is 0.255 e. The van der Waals surface area contributed by atoms with Gasteiger partial charge in [0, 0.05) is 12.0 Å². The number of carbonyl (C=O) groups is 1. The van der Waals surface area contributed by atoms with Crippen molar-refractivity contribution >= 4 is 5.91 Å². The molecule has 3 aromatic rings. The first-order valence-electron chi connectivity index (χ1n) is 10.3. The third kappa shape index (κ3) is 4.48. The molecule has 4 nitrogen and oxygen atoms in total. The fourth-order valence-corrected chi connectivity index (χ4v) is 3.85. The van der Waals surface area contributed by atoms with Crippen LogP contribution in [-0.2, 0) is 6.61 Å². The Morgan fingerprint density at radius 2 is 1.80 bits per heavy atom. The number of aryl methyl sites for hydroxylation is 1. The van der Waals surface area contributed by atoms with Gasteiger partial charge in [0.25, 0.3) is 5.91 Å². The summed E-state index contributed by atoms with van der Waals surface area (Å²) in [6.07, 6.45) is 0.697. The normalized spacial score (nSPS) is 16.8. The van der Waals surface area contributed by atoms with Crippen molar-refractivity contribution in [2.24, 2.45) is 0 Å². The molecule has 1 amide bonds. The van der Waals surface area contributed by atoms with Gasteiger partial charge in [-0.25, -0.2) is 0 Å². The summed E-state index contributed by atoms with van der Waals surface area (Å²) in [7, 11) is 0. The van der Waals surface area contributed by atoms with Crippen molar-refractivity contribution < 1.29 is 14.3 Å². The van der Waals surface area contributed by atoms with Crippen LogP contribution in [0, 0.1) is 6.92 Å². The average Bonchev–Trinajstić information content (AvgIpc) is 2.73. The van der Waals surface area contributed by atoms with E-state index in [9.17, 15) is 4.79 Å². The monoisotopic (exact) mass is 401 g/mol. The van der Waals surface area contributed by atoms with Crippen LogP contribution >= 0.6 is 0 Å². The third-order valence-electron chi connectivity index (χ3n) is 5.30. The van der Waals surface area contributed by atoms with Crippen LogP contribution in [0.2, 0.25) is 0 Å². The summed E-state index contributed by atoms with van der Waals surface area (Å²) in [5.74, 6) is 1.26. The summed E-state index contributed by atoms with van der Waals surface area (Å²) in [6.45, 7) is 6.56. The van der Waals surface area contributed by atoms with Crippen LogP contribution in [0.3, 0.4) is 0 Å². The second-order valence-electron chi connectivity index (χ2n) is 8.40. The molecule has 4 rings (SSSR count). The lowest BCUT2D eigenvalue weighted by atomic mass is 9.88. The molecule has 0 unspecified atom stereocenters. The molecule has 1 N–H and O–H groups in total. The summed E-state index contributed by atoms with van der Waals surface area (Å²) in [4.78, 5) is 13.2. The highest BCUT2D eigenvalue weighted by Crippen LogP contribution is 2.40. The number of hydrogen-bond acceptors (Lipinski definition) is 3. The van der Waals surface area contributed by atoms with Gasteiger partial charge in [0.1, 0.15) is 23.7 Å². The minimum Gasteiger partial charge on any atom is -0.488 e. The topological polar surface area (TPSA) is 47.6 Å². The molecule has 154 valence electrons. The molecular weight excluding hydrogens is 374 g/mol. The van der Waals surface area contributed by atoms with E-state index < -0.39 is 0 Å². The molecule has 0 radical (unpaired) electrons. The average molecular weight is 402 g/mol. The van der Waals surface area contributed by atoms with Crippen molar-refractivity contribution in [3.8, 4) is 11.5 Å². The zero-order valence-corrected chi connectivity index (χ0v) is 17.6. The highest BCUT2D eigenvalue weighted by molar-refractivity contribution is 5.97. The molecule has 1 heterocycles. The second kappa shape index (κ2) is 8.23. The number of rotatable bonds is 5. The first-order valence-corrected chi connectivity index (χ1v) is 10.3. The molecule has 1 aliphatic heterocycles. The molecule has 0 saturated carbocycles. The van der Waals surface area contributed by atoms with Crippen LogP contribution in [0.1, 0.15) is 53.4 Å². The van der Waals surface area contributed by atoms with Crippen molar-refractivity contribution in [2.75, 3.05) is 0 Å². The first kappa shape index (κ1) is 20.0. The Balaban J connectivity index is 1.55. The van der Waals surface area contributed by atoms with Crippen molar-refractivity contribution in [3.05, 3.63) is 95.1 Å². The lowest BCUT2D eigenvalue weighted by Crippen LogP contribution is -2.41. The van der Waals surface area contributed by atoms with Gasteiger partial charge in [-0.2, -0.15) is 0 Å². The van der Waals surface area contributed by atoms with Gasteiger partial charge in [-0.15, -0.1) is 0 Å². The predicted molar refractivity (Wildman–Crippen MR) is 118 cm³/mol. The van der Waals surface area contributed by atoms with Crippen LogP contribution in [0.25, 0.3) is 0 Å². The Hall–Kier alpha value is -3.27. The van der Waals surface area contributed by atoms with Gasteiger partial charge in [0.05, 0.1) is 11.6 Å². The SMILES string of the molecule is Cc1ccc2c(c1)[C@@H](NC(=O)c1ccccc1OCc1ccccc1)CC(C)(C)O2. The zero-order chi connectivity index (χ0) is 21.1. The molecule has 4 heteroatoms. The number of amides is 1. The maximum atomic E-state index is 13.2. The summed E-state index contributed by atoms with van der Waals surface area (Å²) in [5.41, 5.74) is 3.40. The highest BCUT2D eigenvalue weighted by Gasteiger charge is 2.35. The lowest BCUT2D eigenvalue weighted by molar-refractivity contribution is 0.0618. The molecule has 1 aliphatic rings.